The molecule has 88 valence electrons. The van der Waals surface area contributed by atoms with Crippen molar-refractivity contribution < 1.29 is 5.11 Å². The smallest absolute Gasteiger partial charge is 0.0680 e. The molecule has 2 aliphatic rings. The van der Waals surface area contributed by atoms with E-state index < -0.39 is 0 Å². The number of rotatable bonds is 2. The normalized spacial score (nSPS) is 37.0. The van der Waals surface area contributed by atoms with Crippen molar-refractivity contribution >= 4 is 0 Å². The van der Waals surface area contributed by atoms with Gasteiger partial charge in [-0.05, 0) is 37.8 Å². The van der Waals surface area contributed by atoms with Gasteiger partial charge in [-0.1, -0.05) is 13.8 Å². The van der Waals surface area contributed by atoms with E-state index in [-0.39, 0.29) is 6.10 Å². The molecule has 0 bridgehead atoms. The molecule has 2 rings (SSSR count). The fourth-order valence-electron chi connectivity index (χ4n) is 2.59. The highest BCUT2D eigenvalue weighted by Gasteiger charge is 2.28. The van der Waals surface area contributed by atoms with Crippen LogP contribution in [0, 0.1) is 5.41 Å². The number of aliphatic hydroxyl groups is 1. The van der Waals surface area contributed by atoms with Crippen molar-refractivity contribution in [3.63, 3.8) is 0 Å². The van der Waals surface area contributed by atoms with Crippen LogP contribution >= 0.6 is 0 Å². The van der Waals surface area contributed by atoms with Crippen LogP contribution in [-0.2, 0) is 0 Å². The molecule has 0 radical (unpaired) electrons. The summed E-state index contributed by atoms with van der Waals surface area (Å²) in [6.45, 7) is 9.07. The van der Waals surface area contributed by atoms with Crippen molar-refractivity contribution in [1.82, 2.24) is 10.2 Å². The van der Waals surface area contributed by atoms with Gasteiger partial charge in [-0.3, -0.25) is 0 Å². The molecule has 2 saturated heterocycles. The molecule has 0 aromatic heterocycles. The van der Waals surface area contributed by atoms with Crippen molar-refractivity contribution in [2.75, 3.05) is 26.2 Å². The minimum absolute atomic E-state index is 0.115. The molecular formula is C12H24N2O. The third kappa shape index (κ3) is 3.16. The summed E-state index contributed by atoms with van der Waals surface area (Å²) < 4.78 is 0. The van der Waals surface area contributed by atoms with Gasteiger partial charge in [-0.15, -0.1) is 0 Å². The van der Waals surface area contributed by atoms with Gasteiger partial charge >= 0.3 is 0 Å². The van der Waals surface area contributed by atoms with Crippen LogP contribution in [0.3, 0.4) is 0 Å². The Hall–Kier alpha value is -0.120. The molecule has 0 saturated carbocycles. The molecule has 0 amide bonds. The van der Waals surface area contributed by atoms with Crippen LogP contribution in [0.2, 0.25) is 0 Å². The maximum absolute atomic E-state index is 9.43. The maximum Gasteiger partial charge on any atom is 0.0680 e. The van der Waals surface area contributed by atoms with Crippen LogP contribution in [0.1, 0.15) is 33.1 Å². The minimum Gasteiger partial charge on any atom is -0.392 e. The van der Waals surface area contributed by atoms with E-state index >= 15 is 0 Å². The van der Waals surface area contributed by atoms with Crippen LogP contribution < -0.4 is 5.32 Å². The molecule has 2 aliphatic heterocycles. The molecule has 0 aliphatic carbocycles. The van der Waals surface area contributed by atoms with E-state index in [9.17, 15) is 5.11 Å². The molecule has 15 heavy (non-hydrogen) atoms. The standard InChI is InChI=1S/C12H24N2O/c1-12(2)3-5-14(6-4-12)9-10-7-11(15)8-13-10/h10-11,13,15H,3-9H2,1-2H3. The zero-order valence-corrected chi connectivity index (χ0v) is 10.00. The Kier molecular flexibility index (Phi) is 3.33. The average Bonchev–Trinajstić information content (AvgIpc) is 2.55. The van der Waals surface area contributed by atoms with Gasteiger partial charge in [0.1, 0.15) is 0 Å². The summed E-state index contributed by atoms with van der Waals surface area (Å²) >= 11 is 0. The van der Waals surface area contributed by atoms with Gasteiger partial charge in [0.05, 0.1) is 6.10 Å². The summed E-state index contributed by atoms with van der Waals surface area (Å²) in [6, 6.07) is 0.515. The van der Waals surface area contributed by atoms with Crippen molar-refractivity contribution in [1.29, 1.82) is 0 Å². The highest BCUT2D eigenvalue weighted by atomic mass is 16.3. The Morgan fingerprint density at radius 1 is 1.33 bits per heavy atom. The van der Waals surface area contributed by atoms with Gasteiger partial charge in [0.25, 0.3) is 0 Å². The minimum atomic E-state index is -0.115. The Balaban J connectivity index is 1.73. The van der Waals surface area contributed by atoms with E-state index in [0.717, 1.165) is 19.5 Å². The molecule has 2 unspecified atom stereocenters. The molecule has 2 atom stereocenters. The van der Waals surface area contributed by atoms with Crippen molar-refractivity contribution in [2.45, 2.75) is 45.3 Å². The summed E-state index contributed by atoms with van der Waals surface area (Å²) in [5.41, 5.74) is 0.541. The van der Waals surface area contributed by atoms with E-state index in [0.29, 0.717) is 11.5 Å². The first-order valence-corrected chi connectivity index (χ1v) is 6.19. The van der Waals surface area contributed by atoms with Crippen LogP contribution in [-0.4, -0.2) is 48.3 Å². The first kappa shape index (κ1) is 11.4. The molecule has 2 heterocycles. The highest BCUT2D eigenvalue weighted by Crippen LogP contribution is 2.29. The van der Waals surface area contributed by atoms with Crippen LogP contribution in [0.15, 0.2) is 0 Å². The number of aliphatic hydroxyl groups excluding tert-OH is 1. The van der Waals surface area contributed by atoms with Crippen LogP contribution in [0.4, 0.5) is 0 Å². The first-order valence-electron chi connectivity index (χ1n) is 6.19. The van der Waals surface area contributed by atoms with E-state index in [2.05, 4.69) is 24.1 Å². The van der Waals surface area contributed by atoms with Gasteiger partial charge < -0.3 is 15.3 Å². The summed E-state index contributed by atoms with van der Waals surface area (Å²) in [4.78, 5) is 2.54. The van der Waals surface area contributed by atoms with Crippen molar-refractivity contribution in [2.24, 2.45) is 5.41 Å². The Morgan fingerprint density at radius 3 is 2.53 bits per heavy atom. The predicted molar refractivity (Wildman–Crippen MR) is 61.9 cm³/mol. The molecule has 2 fully saturated rings. The van der Waals surface area contributed by atoms with Gasteiger partial charge in [0, 0.05) is 19.1 Å². The van der Waals surface area contributed by atoms with Crippen LogP contribution in [0.25, 0.3) is 0 Å². The van der Waals surface area contributed by atoms with E-state index in [1.807, 2.05) is 0 Å². The van der Waals surface area contributed by atoms with Crippen LogP contribution in [0.5, 0.6) is 0 Å². The topological polar surface area (TPSA) is 35.5 Å². The monoisotopic (exact) mass is 212 g/mol. The lowest BCUT2D eigenvalue weighted by Crippen LogP contribution is -2.43. The molecule has 0 spiro atoms. The van der Waals surface area contributed by atoms with E-state index in [4.69, 9.17) is 0 Å². The molecule has 0 aromatic carbocycles. The van der Waals surface area contributed by atoms with Crippen molar-refractivity contribution in [3.8, 4) is 0 Å². The van der Waals surface area contributed by atoms with E-state index in [1.54, 1.807) is 0 Å². The SMILES string of the molecule is CC1(C)CCN(CC2CC(O)CN2)CC1. The van der Waals surface area contributed by atoms with Gasteiger partial charge in [0.2, 0.25) is 0 Å². The fraction of sp³-hybridized carbons (Fsp3) is 1.00. The van der Waals surface area contributed by atoms with Crippen molar-refractivity contribution in [3.05, 3.63) is 0 Å². The van der Waals surface area contributed by atoms with Gasteiger partial charge in [0.15, 0.2) is 0 Å². The second-order valence-electron chi connectivity index (χ2n) is 5.96. The maximum atomic E-state index is 9.43. The summed E-state index contributed by atoms with van der Waals surface area (Å²) in [7, 11) is 0. The zero-order valence-electron chi connectivity index (χ0n) is 10.00. The lowest BCUT2D eigenvalue weighted by molar-refractivity contribution is 0.121. The van der Waals surface area contributed by atoms with E-state index in [1.165, 1.54) is 25.9 Å². The number of hydrogen-bond donors (Lipinski definition) is 2. The first-order chi connectivity index (χ1) is 7.05. The Morgan fingerprint density at radius 2 is 2.00 bits per heavy atom. The average molecular weight is 212 g/mol. The number of likely N-dealkylation sites (tertiary alicyclic amines) is 1. The molecule has 3 nitrogen and oxygen atoms in total. The fourth-order valence-corrected chi connectivity index (χ4v) is 2.59. The molecule has 0 aromatic rings. The Labute approximate surface area is 92.8 Å². The molecular weight excluding hydrogens is 188 g/mol. The number of hydrogen-bond acceptors (Lipinski definition) is 3. The van der Waals surface area contributed by atoms with Gasteiger partial charge in [-0.25, -0.2) is 0 Å². The summed E-state index contributed by atoms with van der Waals surface area (Å²) in [5, 5.41) is 12.8. The molecule has 3 heteroatoms. The number of β-amino-alcohol motifs (C(OH)–C–C–N with tert-alkyl or cyclic N) is 1. The summed E-state index contributed by atoms with van der Waals surface area (Å²) in [6.07, 6.45) is 3.43. The number of nitrogens with one attached hydrogen (secondary N) is 1. The second-order valence-corrected chi connectivity index (χ2v) is 5.96. The highest BCUT2D eigenvalue weighted by molar-refractivity contribution is 4.86. The second kappa shape index (κ2) is 4.40. The summed E-state index contributed by atoms with van der Waals surface area (Å²) in [5.74, 6) is 0. The largest absolute Gasteiger partial charge is 0.392 e. The lowest BCUT2D eigenvalue weighted by Gasteiger charge is -2.37. The lowest BCUT2D eigenvalue weighted by atomic mass is 9.82. The predicted octanol–water partition coefficient (Wildman–Crippen LogP) is 0.831. The third-order valence-corrected chi connectivity index (χ3v) is 3.89. The quantitative estimate of drug-likeness (QED) is 0.712. The number of nitrogens with zero attached hydrogens (tertiary/aromatic N) is 1. The Bertz CT molecular complexity index is 208. The molecule has 2 N–H and O–H groups in total. The number of piperidine rings is 1. The van der Waals surface area contributed by atoms with Gasteiger partial charge in [-0.2, -0.15) is 0 Å². The zero-order chi connectivity index (χ0) is 10.9. The third-order valence-electron chi connectivity index (χ3n) is 3.89.